The topological polar surface area (TPSA) is 53.2 Å². The third-order valence-corrected chi connectivity index (χ3v) is 4.72. The Kier molecular flexibility index (Phi) is 5.70. The second-order valence-electron chi connectivity index (χ2n) is 6.63. The number of fused-ring (bicyclic) bond motifs is 1. The molecule has 5 heteroatoms. The molecule has 0 aliphatic carbocycles. The minimum Gasteiger partial charge on any atom is -0.497 e. The lowest BCUT2D eigenvalue weighted by molar-refractivity contribution is 0.340. The molecular weight excluding hydrogens is 378 g/mol. The summed E-state index contributed by atoms with van der Waals surface area (Å²) >= 11 is 0. The van der Waals surface area contributed by atoms with E-state index in [4.69, 9.17) is 23.6 Å². The van der Waals surface area contributed by atoms with Gasteiger partial charge in [-0.2, -0.15) is 0 Å². The van der Waals surface area contributed by atoms with Gasteiger partial charge in [0.2, 0.25) is 0 Å². The van der Waals surface area contributed by atoms with Gasteiger partial charge in [-0.05, 0) is 73.7 Å². The van der Waals surface area contributed by atoms with Crippen LogP contribution in [0.25, 0.3) is 22.3 Å². The molecule has 4 aromatic rings. The second-order valence-corrected chi connectivity index (χ2v) is 6.63. The molecule has 0 N–H and O–H groups in total. The second kappa shape index (κ2) is 8.74. The highest BCUT2D eigenvalue weighted by atomic mass is 16.5. The standard InChI is InChI=1S/C25H23NO4/c1-4-29-20-11-7-18(8-12-20)26-23-16-25(17-5-9-19(27-2)10-6-17)30-24-14-13-21(28-3)15-22(23)24/h5-16H,4H2,1-3H3. The van der Waals surface area contributed by atoms with E-state index in [9.17, 15) is 0 Å². The van der Waals surface area contributed by atoms with Gasteiger partial charge in [0, 0.05) is 17.0 Å². The van der Waals surface area contributed by atoms with Gasteiger partial charge in [-0.25, -0.2) is 4.99 Å². The lowest BCUT2D eigenvalue weighted by Gasteiger charge is -2.08. The van der Waals surface area contributed by atoms with E-state index in [1.165, 1.54) is 0 Å². The third-order valence-electron chi connectivity index (χ3n) is 4.72. The highest BCUT2D eigenvalue weighted by Crippen LogP contribution is 2.27. The molecule has 152 valence electrons. The maximum absolute atomic E-state index is 6.17. The number of hydrogen-bond acceptors (Lipinski definition) is 5. The molecule has 0 atom stereocenters. The first-order valence-corrected chi connectivity index (χ1v) is 9.74. The Labute approximate surface area is 175 Å². The van der Waals surface area contributed by atoms with Crippen molar-refractivity contribution in [3.63, 3.8) is 0 Å². The van der Waals surface area contributed by atoms with Gasteiger partial charge < -0.3 is 18.6 Å². The molecule has 0 spiro atoms. The van der Waals surface area contributed by atoms with Crippen LogP contribution in [0.5, 0.6) is 17.2 Å². The molecule has 30 heavy (non-hydrogen) atoms. The Morgan fingerprint density at radius 1 is 0.767 bits per heavy atom. The summed E-state index contributed by atoms with van der Waals surface area (Å²) in [6.07, 6.45) is 0. The van der Waals surface area contributed by atoms with Gasteiger partial charge in [-0.3, -0.25) is 0 Å². The molecule has 1 heterocycles. The molecule has 0 aliphatic rings. The van der Waals surface area contributed by atoms with Gasteiger partial charge in [0.25, 0.3) is 0 Å². The first-order valence-electron chi connectivity index (χ1n) is 9.74. The van der Waals surface area contributed by atoms with E-state index in [1.807, 2.05) is 79.7 Å². The molecule has 3 aromatic carbocycles. The van der Waals surface area contributed by atoms with Crippen LogP contribution in [-0.2, 0) is 0 Å². The summed E-state index contributed by atoms with van der Waals surface area (Å²) in [5, 5.41) is 1.67. The normalized spacial score (nSPS) is 11.5. The van der Waals surface area contributed by atoms with E-state index in [1.54, 1.807) is 14.2 Å². The molecule has 0 aliphatic heterocycles. The zero-order valence-electron chi connectivity index (χ0n) is 17.2. The highest BCUT2D eigenvalue weighted by Gasteiger charge is 2.08. The molecule has 0 unspecified atom stereocenters. The summed E-state index contributed by atoms with van der Waals surface area (Å²) in [6, 6.07) is 23.1. The van der Waals surface area contributed by atoms with E-state index in [2.05, 4.69) is 0 Å². The van der Waals surface area contributed by atoms with E-state index in [-0.39, 0.29) is 0 Å². The van der Waals surface area contributed by atoms with Crippen LogP contribution in [0.3, 0.4) is 0 Å². The summed E-state index contributed by atoms with van der Waals surface area (Å²) in [7, 11) is 3.30. The fourth-order valence-electron chi connectivity index (χ4n) is 3.19. The molecule has 1 aromatic heterocycles. The van der Waals surface area contributed by atoms with Crippen molar-refractivity contribution in [1.82, 2.24) is 0 Å². The number of methoxy groups -OCH3 is 2. The van der Waals surface area contributed by atoms with Gasteiger partial charge in [0.15, 0.2) is 0 Å². The van der Waals surface area contributed by atoms with Crippen molar-refractivity contribution in [2.75, 3.05) is 20.8 Å². The average Bonchev–Trinajstić information content (AvgIpc) is 2.80. The highest BCUT2D eigenvalue weighted by molar-refractivity contribution is 5.80. The lowest BCUT2D eigenvalue weighted by atomic mass is 10.1. The number of ether oxygens (including phenoxy) is 3. The van der Waals surface area contributed by atoms with Gasteiger partial charge in [0.05, 0.1) is 31.9 Å². The predicted molar refractivity (Wildman–Crippen MR) is 118 cm³/mol. The Bertz CT molecular complexity index is 1210. The Morgan fingerprint density at radius 3 is 2.10 bits per heavy atom. The number of nitrogens with zero attached hydrogens (tertiary/aromatic N) is 1. The van der Waals surface area contributed by atoms with Crippen LogP contribution in [0, 0.1) is 0 Å². The SMILES string of the molecule is CCOc1ccc(N=c2cc(-c3ccc(OC)cc3)oc3ccc(OC)cc23)cc1. The van der Waals surface area contributed by atoms with Crippen LogP contribution in [0.2, 0.25) is 0 Å². The van der Waals surface area contributed by atoms with E-state index in [0.717, 1.165) is 50.6 Å². The molecular formula is C25H23NO4. The summed E-state index contributed by atoms with van der Waals surface area (Å²) < 4.78 is 22.4. The number of benzene rings is 3. The zero-order valence-corrected chi connectivity index (χ0v) is 17.2. The van der Waals surface area contributed by atoms with Crippen LogP contribution in [0.1, 0.15) is 6.92 Å². The predicted octanol–water partition coefficient (Wildman–Crippen LogP) is 5.75. The molecule has 0 radical (unpaired) electrons. The van der Waals surface area contributed by atoms with Crippen molar-refractivity contribution in [2.45, 2.75) is 6.92 Å². The third kappa shape index (κ3) is 4.15. The number of hydrogen-bond donors (Lipinski definition) is 0. The molecule has 0 saturated carbocycles. The smallest absolute Gasteiger partial charge is 0.137 e. The van der Waals surface area contributed by atoms with Crippen LogP contribution >= 0.6 is 0 Å². The van der Waals surface area contributed by atoms with Crippen molar-refractivity contribution in [2.24, 2.45) is 4.99 Å². The van der Waals surface area contributed by atoms with Gasteiger partial charge in [0.1, 0.15) is 28.6 Å². The molecule has 0 amide bonds. The summed E-state index contributed by atoms with van der Waals surface area (Å²) in [5.74, 6) is 3.09. The van der Waals surface area contributed by atoms with Crippen LogP contribution in [0.4, 0.5) is 5.69 Å². The largest absolute Gasteiger partial charge is 0.497 e. The van der Waals surface area contributed by atoms with Crippen LogP contribution in [0.15, 0.2) is 82.2 Å². The van der Waals surface area contributed by atoms with Gasteiger partial charge in [-0.1, -0.05) is 0 Å². The minimum absolute atomic E-state index is 0.631. The number of rotatable bonds is 6. The van der Waals surface area contributed by atoms with Crippen LogP contribution < -0.4 is 19.6 Å². The summed E-state index contributed by atoms with van der Waals surface area (Å²) in [4.78, 5) is 4.87. The Balaban J connectivity index is 1.87. The van der Waals surface area contributed by atoms with Crippen molar-refractivity contribution in [3.05, 3.63) is 78.2 Å². The monoisotopic (exact) mass is 401 g/mol. The summed E-state index contributed by atoms with van der Waals surface area (Å²) in [6.45, 7) is 2.60. The van der Waals surface area contributed by atoms with Crippen molar-refractivity contribution < 1.29 is 18.6 Å². The van der Waals surface area contributed by atoms with Crippen LogP contribution in [-0.4, -0.2) is 20.8 Å². The van der Waals surface area contributed by atoms with E-state index in [0.29, 0.717) is 6.61 Å². The summed E-state index contributed by atoms with van der Waals surface area (Å²) in [5.41, 5.74) is 2.50. The lowest BCUT2D eigenvalue weighted by Crippen LogP contribution is -2.03. The Morgan fingerprint density at radius 2 is 1.43 bits per heavy atom. The van der Waals surface area contributed by atoms with Crippen molar-refractivity contribution >= 4 is 16.7 Å². The van der Waals surface area contributed by atoms with E-state index < -0.39 is 0 Å². The molecule has 0 bridgehead atoms. The quantitative estimate of drug-likeness (QED) is 0.413. The fraction of sp³-hybridized carbons (Fsp3) is 0.160. The van der Waals surface area contributed by atoms with Crippen molar-refractivity contribution in [3.8, 4) is 28.6 Å². The maximum atomic E-state index is 6.17. The van der Waals surface area contributed by atoms with Crippen molar-refractivity contribution in [1.29, 1.82) is 0 Å². The fourth-order valence-corrected chi connectivity index (χ4v) is 3.19. The van der Waals surface area contributed by atoms with Gasteiger partial charge in [-0.15, -0.1) is 0 Å². The van der Waals surface area contributed by atoms with E-state index >= 15 is 0 Å². The molecule has 0 saturated heterocycles. The zero-order chi connectivity index (χ0) is 20.9. The molecule has 4 rings (SSSR count). The van der Waals surface area contributed by atoms with Gasteiger partial charge >= 0.3 is 0 Å². The first-order chi connectivity index (χ1) is 14.7. The average molecular weight is 401 g/mol. The molecule has 5 nitrogen and oxygen atoms in total. The molecule has 0 fully saturated rings. The first kappa shape index (κ1) is 19.6. The Hall–Kier alpha value is -3.73. The minimum atomic E-state index is 0.631. The maximum Gasteiger partial charge on any atom is 0.137 e.